The lowest BCUT2D eigenvalue weighted by atomic mass is 9.77. The second-order valence-corrected chi connectivity index (χ2v) is 7.88. The molecule has 3 rings (SSSR count). The van der Waals surface area contributed by atoms with Crippen molar-refractivity contribution in [3.8, 4) is 0 Å². The first-order valence-corrected chi connectivity index (χ1v) is 11.3. The zero-order chi connectivity index (χ0) is 22.8. The van der Waals surface area contributed by atoms with Gasteiger partial charge in [0.1, 0.15) is 0 Å². The van der Waals surface area contributed by atoms with Gasteiger partial charge < -0.3 is 10.4 Å². The number of anilines is 1. The number of nitrogens with one attached hydrogen (secondary N) is 1. The minimum absolute atomic E-state index is 0.159. The van der Waals surface area contributed by atoms with Gasteiger partial charge >= 0.3 is 0 Å². The summed E-state index contributed by atoms with van der Waals surface area (Å²) in [7, 11) is 0. The Hall–Kier alpha value is -3.36. The molecule has 32 heavy (non-hydrogen) atoms. The number of aliphatic hydroxyl groups excluding tert-OH is 1. The number of allylic oxidation sites excluding steroid dienone is 4. The Balaban J connectivity index is 2.19. The standard InChI is InChI=1S/C30H33NO/c1-4-6-22-27(23(3)5-2)28(30(32)25-18-12-8-13-19-25)29(24-16-10-7-11-17-24)31-26-20-14-9-15-21-26/h4,6-22,28-32H,3,5H2,1-2H3. The quantitative estimate of drug-likeness (QED) is 0.328. The molecule has 0 radical (unpaired) electrons. The van der Waals surface area contributed by atoms with Gasteiger partial charge in [-0.15, -0.1) is 0 Å². The first kappa shape index (κ1) is 23.3. The molecule has 3 atom stereocenters. The van der Waals surface area contributed by atoms with Crippen molar-refractivity contribution in [1.82, 2.24) is 0 Å². The minimum atomic E-state index is -0.711. The lowest BCUT2D eigenvalue weighted by Gasteiger charge is -2.35. The monoisotopic (exact) mass is 423 g/mol. The van der Waals surface area contributed by atoms with Crippen LogP contribution in [0.2, 0.25) is 0 Å². The Morgan fingerprint density at radius 1 is 0.875 bits per heavy atom. The summed E-state index contributed by atoms with van der Waals surface area (Å²) >= 11 is 0. The molecule has 0 spiro atoms. The first-order valence-electron chi connectivity index (χ1n) is 11.3. The van der Waals surface area contributed by atoms with Crippen LogP contribution in [-0.2, 0) is 0 Å². The van der Waals surface area contributed by atoms with E-state index in [4.69, 9.17) is 0 Å². The fourth-order valence-corrected chi connectivity index (χ4v) is 4.01. The molecule has 0 aliphatic heterocycles. The summed E-state index contributed by atoms with van der Waals surface area (Å²) in [5.41, 5.74) is 5.10. The molecule has 0 aliphatic carbocycles. The Morgan fingerprint density at radius 2 is 1.41 bits per heavy atom. The number of aliphatic hydroxyl groups is 1. The highest BCUT2D eigenvalue weighted by Crippen LogP contribution is 2.42. The third kappa shape index (κ3) is 5.87. The van der Waals surface area contributed by atoms with E-state index < -0.39 is 6.10 Å². The highest BCUT2D eigenvalue weighted by molar-refractivity contribution is 5.48. The molecule has 3 aromatic rings. The van der Waals surface area contributed by atoms with E-state index in [9.17, 15) is 5.11 Å². The zero-order valence-corrected chi connectivity index (χ0v) is 19.0. The van der Waals surface area contributed by atoms with Crippen LogP contribution in [0.25, 0.3) is 0 Å². The molecule has 164 valence electrons. The Morgan fingerprint density at radius 3 is 1.94 bits per heavy atom. The Bertz CT molecular complexity index is 1020. The van der Waals surface area contributed by atoms with Crippen LogP contribution in [0, 0.1) is 5.92 Å². The highest BCUT2D eigenvalue weighted by atomic mass is 16.3. The predicted octanol–water partition coefficient (Wildman–Crippen LogP) is 7.66. The highest BCUT2D eigenvalue weighted by Gasteiger charge is 2.34. The largest absolute Gasteiger partial charge is 0.388 e. The molecule has 0 aliphatic rings. The van der Waals surface area contributed by atoms with Crippen molar-refractivity contribution in [2.24, 2.45) is 5.92 Å². The molecule has 0 heterocycles. The van der Waals surface area contributed by atoms with Crippen LogP contribution in [0.3, 0.4) is 0 Å². The topological polar surface area (TPSA) is 32.3 Å². The molecular weight excluding hydrogens is 390 g/mol. The van der Waals surface area contributed by atoms with Crippen LogP contribution in [-0.4, -0.2) is 5.11 Å². The summed E-state index contributed by atoms with van der Waals surface area (Å²) in [6.45, 7) is 8.48. The molecule has 3 unspecified atom stereocenters. The van der Waals surface area contributed by atoms with E-state index in [0.717, 1.165) is 34.4 Å². The van der Waals surface area contributed by atoms with Crippen LogP contribution in [0.1, 0.15) is 43.5 Å². The number of hydrogen-bond donors (Lipinski definition) is 2. The molecule has 0 saturated heterocycles. The van der Waals surface area contributed by atoms with E-state index in [1.54, 1.807) is 0 Å². The number of para-hydroxylation sites is 1. The van der Waals surface area contributed by atoms with Crippen LogP contribution in [0.15, 0.2) is 127 Å². The van der Waals surface area contributed by atoms with Crippen molar-refractivity contribution in [2.75, 3.05) is 5.32 Å². The van der Waals surface area contributed by atoms with Crippen LogP contribution < -0.4 is 5.32 Å². The number of rotatable bonds is 10. The van der Waals surface area contributed by atoms with Crippen LogP contribution in [0.5, 0.6) is 0 Å². The van der Waals surface area contributed by atoms with Gasteiger partial charge in [-0.25, -0.2) is 0 Å². The van der Waals surface area contributed by atoms with Gasteiger partial charge in [0.05, 0.1) is 12.1 Å². The summed E-state index contributed by atoms with van der Waals surface area (Å²) in [6.07, 6.45) is 6.25. The van der Waals surface area contributed by atoms with Gasteiger partial charge in [0, 0.05) is 11.6 Å². The van der Waals surface area contributed by atoms with E-state index in [0.29, 0.717) is 0 Å². The fourth-order valence-electron chi connectivity index (χ4n) is 4.01. The van der Waals surface area contributed by atoms with E-state index >= 15 is 0 Å². The lowest BCUT2D eigenvalue weighted by Crippen LogP contribution is -2.29. The molecule has 0 amide bonds. The van der Waals surface area contributed by atoms with E-state index in [-0.39, 0.29) is 12.0 Å². The fraction of sp³-hybridized carbons (Fsp3) is 0.200. The van der Waals surface area contributed by atoms with E-state index in [2.05, 4.69) is 49.2 Å². The van der Waals surface area contributed by atoms with Crippen LogP contribution in [0.4, 0.5) is 5.69 Å². The molecular formula is C30H33NO. The maximum atomic E-state index is 11.8. The third-order valence-corrected chi connectivity index (χ3v) is 5.76. The van der Waals surface area contributed by atoms with Gasteiger partial charge in [-0.1, -0.05) is 116 Å². The zero-order valence-electron chi connectivity index (χ0n) is 19.0. The molecule has 0 aromatic heterocycles. The number of benzene rings is 3. The van der Waals surface area contributed by atoms with Gasteiger partial charge in [-0.2, -0.15) is 0 Å². The average molecular weight is 424 g/mol. The molecule has 0 saturated carbocycles. The summed E-state index contributed by atoms with van der Waals surface area (Å²) in [6, 6.07) is 30.3. The van der Waals surface area contributed by atoms with Gasteiger partial charge in [0.25, 0.3) is 0 Å². The molecule has 2 heteroatoms. The van der Waals surface area contributed by atoms with Crippen molar-refractivity contribution >= 4 is 5.69 Å². The Kier molecular flexibility index (Phi) is 8.65. The van der Waals surface area contributed by atoms with E-state index in [1.165, 1.54) is 0 Å². The number of hydrogen-bond acceptors (Lipinski definition) is 2. The van der Waals surface area contributed by atoms with Crippen molar-refractivity contribution in [3.63, 3.8) is 0 Å². The minimum Gasteiger partial charge on any atom is -0.388 e. The van der Waals surface area contributed by atoms with Gasteiger partial charge in [-0.05, 0) is 42.2 Å². The third-order valence-electron chi connectivity index (χ3n) is 5.76. The van der Waals surface area contributed by atoms with Crippen molar-refractivity contribution in [2.45, 2.75) is 32.4 Å². The molecule has 2 nitrogen and oxygen atoms in total. The normalized spacial score (nSPS) is 14.7. The van der Waals surface area contributed by atoms with Gasteiger partial charge in [0.2, 0.25) is 0 Å². The second-order valence-electron chi connectivity index (χ2n) is 7.88. The predicted molar refractivity (Wildman–Crippen MR) is 136 cm³/mol. The summed E-state index contributed by atoms with van der Waals surface area (Å²) in [5.74, 6) is -0.247. The average Bonchev–Trinajstić information content (AvgIpc) is 2.86. The molecule has 3 aromatic carbocycles. The molecule has 0 bridgehead atoms. The summed E-state index contributed by atoms with van der Waals surface area (Å²) < 4.78 is 0. The smallest absolute Gasteiger partial charge is 0.0881 e. The maximum absolute atomic E-state index is 11.8. The molecule has 0 fully saturated rings. The van der Waals surface area contributed by atoms with Crippen molar-refractivity contribution in [3.05, 3.63) is 138 Å². The van der Waals surface area contributed by atoms with Crippen molar-refractivity contribution in [1.29, 1.82) is 0 Å². The van der Waals surface area contributed by atoms with Gasteiger partial charge in [-0.3, -0.25) is 0 Å². The maximum Gasteiger partial charge on any atom is 0.0881 e. The van der Waals surface area contributed by atoms with Gasteiger partial charge in [0.15, 0.2) is 0 Å². The lowest BCUT2D eigenvalue weighted by molar-refractivity contribution is 0.116. The Labute approximate surface area is 192 Å². The molecule has 2 N–H and O–H groups in total. The SMILES string of the molecule is C=C(CC)C(=CC=CC)C(C(O)c1ccccc1)C(Nc1ccccc1)c1ccccc1. The summed E-state index contributed by atoms with van der Waals surface area (Å²) in [5, 5.41) is 15.5. The van der Waals surface area contributed by atoms with E-state index in [1.807, 2.05) is 85.8 Å². The summed E-state index contributed by atoms with van der Waals surface area (Å²) in [4.78, 5) is 0. The second kappa shape index (κ2) is 11.9. The van der Waals surface area contributed by atoms with Crippen LogP contribution >= 0.6 is 0 Å². The first-order chi connectivity index (χ1) is 15.7. The van der Waals surface area contributed by atoms with Crippen molar-refractivity contribution < 1.29 is 5.11 Å².